The number of ether oxygens (including phenoxy) is 2. The van der Waals surface area contributed by atoms with Gasteiger partial charge in [0, 0.05) is 6.20 Å². The fourth-order valence-corrected chi connectivity index (χ4v) is 1.46. The number of likely N-dealkylation sites (N-methyl/N-ethyl adjacent to an activating group) is 1. The summed E-state index contributed by atoms with van der Waals surface area (Å²) in [4.78, 5) is 3.92. The van der Waals surface area contributed by atoms with Gasteiger partial charge in [0.15, 0.2) is 0 Å². The van der Waals surface area contributed by atoms with E-state index in [0.29, 0.717) is 11.3 Å². The van der Waals surface area contributed by atoms with Gasteiger partial charge >= 0.3 is 12.3 Å². The van der Waals surface area contributed by atoms with Crippen LogP contribution in [0.4, 0.5) is 17.6 Å². The summed E-state index contributed by atoms with van der Waals surface area (Å²) in [7, 11) is 3.06. The van der Waals surface area contributed by atoms with Crippen molar-refractivity contribution < 1.29 is 27.0 Å². The zero-order valence-corrected chi connectivity index (χ0v) is 11.1. The molecular weight excluding hydrogens is 280 g/mol. The summed E-state index contributed by atoms with van der Waals surface area (Å²) in [6.07, 6.45) is -0.741. The lowest BCUT2D eigenvalue weighted by atomic mass is 10.1. The van der Waals surface area contributed by atoms with E-state index in [-0.39, 0.29) is 6.61 Å². The first-order valence-corrected chi connectivity index (χ1v) is 5.80. The molecule has 0 aliphatic heterocycles. The molecule has 0 aromatic carbocycles. The molecule has 1 atom stereocenters. The quantitative estimate of drug-likeness (QED) is 0.747. The van der Waals surface area contributed by atoms with E-state index >= 15 is 0 Å². The van der Waals surface area contributed by atoms with Gasteiger partial charge in [0.1, 0.15) is 12.4 Å². The van der Waals surface area contributed by atoms with Gasteiger partial charge in [-0.05, 0) is 18.7 Å². The molecule has 4 nitrogen and oxygen atoms in total. The summed E-state index contributed by atoms with van der Waals surface area (Å²) in [6.45, 7) is -1.52. The minimum Gasteiger partial charge on any atom is -0.495 e. The van der Waals surface area contributed by atoms with E-state index in [1.807, 2.05) is 0 Å². The maximum atomic E-state index is 12.7. The lowest BCUT2D eigenvalue weighted by molar-refractivity contribution is -0.167. The molecule has 0 saturated heterocycles. The highest BCUT2D eigenvalue weighted by Crippen LogP contribution is 2.24. The maximum Gasteiger partial charge on any atom is 0.330 e. The van der Waals surface area contributed by atoms with Crippen LogP contribution in [0.3, 0.4) is 0 Å². The van der Waals surface area contributed by atoms with Gasteiger partial charge in [-0.2, -0.15) is 8.78 Å². The van der Waals surface area contributed by atoms with E-state index in [9.17, 15) is 17.6 Å². The van der Waals surface area contributed by atoms with Crippen molar-refractivity contribution in [2.75, 3.05) is 27.4 Å². The standard InChI is InChI=1S/C12H16F4N2O2/c1-17-10(6-20-7-12(15,16)11(13)14)8-3-9(19-2)5-18-4-8/h3-5,10-11,17H,6-7H2,1-2H3. The predicted octanol–water partition coefficient (Wildman–Crippen LogP) is 2.27. The molecule has 114 valence electrons. The van der Waals surface area contributed by atoms with E-state index in [1.54, 1.807) is 13.1 Å². The van der Waals surface area contributed by atoms with Crippen LogP contribution in [0.1, 0.15) is 11.6 Å². The minimum atomic E-state index is -4.15. The summed E-state index contributed by atoms with van der Waals surface area (Å²) in [5, 5.41) is 2.83. The number of nitrogens with zero attached hydrogens (tertiary/aromatic N) is 1. The lowest BCUT2D eigenvalue weighted by Gasteiger charge is -2.20. The highest BCUT2D eigenvalue weighted by Gasteiger charge is 2.41. The molecule has 0 radical (unpaired) electrons. The molecule has 1 rings (SSSR count). The first-order valence-electron chi connectivity index (χ1n) is 5.80. The van der Waals surface area contributed by atoms with Gasteiger partial charge in [-0.15, -0.1) is 0 Å². The summed E-state index contributed by atoms with van der Waals surface area (Å²) in [6, 6.07) is 1.20. The van der Waals surface area contributed by atoms with Gasteiger partial charge in [-0.3, -0.25) is 4.98 Å². The second kappa shape index (κ2) is 7.39. The van der Waals surface area contributed by atoms with Crippen molar-refractivity contribution in [2.45, 2.75) is 18.4 Å². The monoisotopic (exact) mass is 296 g/mol. The first kappa shape index (κ1) is 16.6. The number of pyridine rings is 1. The van der Waals surface area contributed by atoms with E-state index in [2.05, 4.69) is 15.0 Å². The second-order valence-electron chi connectivity index (χ2n) is 4.08. The van der Waals surface area contributed by atoms with Crippen molar-refractivity contribution in [3.63, 3.8) is 0 Å². The number of methoxy groups -OCH3 is 1. The Morgan fingerprint density at radius 3 is 2.60 bits per heavy atom. The van der Waals surface area contributed by atoms with Crippen LogP contribution >= 0.6 is 0 Å². The number of alkyl halides is 4. The Balaban J connectivity index is 2.59. The number of halogens is 4. The molecule has 20 heavy (non-hydrogen) atoms. The second-order valence-corrected chi connectivity index (χ2v) is 4.08. The van der Waals surface area contributed by atoms with Crippen molar-refractivity contribution in [1.29, 1.82) is 0 Å². The summed E-state index contributed by atoms with van der Waals surface area (Å²) in [5.41, 5.74) is 0.646. The van der Waals surface area contributed by atoms with Gasteiger partial charge in [0.25, 0.3) is 0 Å². The van der Waals surface area contributed by atoms with Crippen LogP contribution in [0.2, 0.25) is 0 Å². The number of rotatable bonds is 8. The average molecular weight is 296 g/mol. The number of hydrogen-bond donors (Lipinski definition) is 1. The van der Waals surface area contributed by atoms with Gasteiger partial charge < -0.3 is 14.8 Å². The smallest absolute Gasteiger partial charge is 0.330 e. The lowest BCUT2D eigenvalue weighted by Crippen LogP contribution is -2.34. The molecule has 0 spiro atoms. The number of nitrogens with one attached hydrogen (secondary N) is 1. The van der Waals surface area contributed by atoms with Crippen LogP contribution in [-0.2, 0) is 4.74 Å². The van der Waals surface area contributed by atoms with Gasteiger partial charge in [-0.1, -0.05) is 0 Å². The Bertz CT molecular complexity index is 418. The number of aromatic nitrogens is 1. The molecule has 1 aromatic heterocycles. The largest absolute Gasteiger partial charge is 0.495 e. The number of hydrogen-bond acceptors (Lipinski definition) is 4. The van der Waals surface area contributed by atoms with Crippen molar-refractivity contribution in [1.82, 2.24) is 10.3 Å². The predicted molar refractivity (Wildman–Crippen MR) is 64.4 cm³/mol. The van der Waals surface area contributed by atoms with Crippen LogP contribution in [0.5, 0.6) is 5.75 Å². The average Bonchev–Trinajstić information content (AvgIpc) is 2.43. The summed E-state index contributed by atoms with van der Waals surface area (Å²) >= 11 is 0. The zero-order valence-electron chi connectivity index (χ0n) is 11.1. The summed E-state index contributed by atoms with van der Waals surface area (Å²) < 4.78 is 59.0. The van der Waals surface area contributed by atoms with Gasteiger partial charge in [0.05, 0.1) is 26.0 Å². The minimum absolute atomic E-state index is 0.187. The Morgan fingerprint density at radius 2 is 2.05 bits per heavy atom. The zero-order chi connectivity index (χ0) is 15.2. The first-order chi connectivity index (χ1) is 9.40. The Labute approximate surface area is 114 Å². The molecular formula is C12H16F4N2O2. The molecule has 1 N–H and O–H groups in total. The highest BCUT2D eigenvalue weighted by molar-refractivity contribution is 5.25. The van der Waals surface area contributed by atoms with Gasteiger partial charge in [0.2, 0.25) is 0 Å². The molecule has 8 heteroatoms. The van der Waals surface area contributed by atoms with Crippen molar-refractivity contribution in [3.05, 3.63) is 24.0 Å². The summed E-state index contributed by atoms with van der Waals surface area (Å²) in [5.74, 6) is -3.65. The molecule has 1 unspecified atom stereocenters. The van der Waals surface area contributed by atoms with Crippen LogP contribution < -0.4 is 10.1 Å². The maximum absolute atomic E-state index is 12.7. The van der Waals surface area contributed by atoms with Crippen molar-refractivity contribution in [2.24, 2.45) is 0 Å². The fraction of sp³-hybridized carbons (Fsp3) is 0.583. The van der Waals surface area contributed by atoms with E-state index in [0.717, 1.165) is 0 Å². The fourth-order valence-electron chi connectivity index (χ4n) is 1.46. The van der Waals surface area contributed by atoms with E-state index in [1.165, 1.54) is 19.5 Å². The van der Waals surface area contributed by atoms with Crippen LogP contribution in [0.25, 0.3) is 0 Å². The molecule has 0 amide bonds. The third-order valence-electron chi connectivity index (χ3n) is 2.62. The Kier molecular flexibility index (Phi) is 6.15. The Morgan fingerprint density at radius 1 is 1.35 bits per heavy atom. The van der Waals surface area contributed by atoms with E-state index in [4.69, 9.17) is 4.74 Å². The molecule has 0 bridgehead atoms. The SMILES string of the molecule is CNC(COCC(F)(F)C(F)F)c1cncc(OC)c1. The van der Waals surface area contributed by atoms with Crippen molar-refractivity contribution >= 4 is 0 Å². The van der Waals surface area contributed by atoms with Gasteiger partial charge in [-0.25, -0.2) is 8.78 Å². The molecule has 0 aliphatic rings. The normalized spacial score (nSPS) is 13.6. The highest BCUT2D eigenvalue weighted by atomic mass is 19.3. The van der Waals surface area contributed by atoms with Crippen LogP contribution in [0.15, 0.2) is 18.5 Å². The molecule has 1 heterocycles. The van der Waals surface area contributed by atoms with E-state index < -0.39 is 25.0 Å². The molecule has 0 aliphatic carbocycles. The van der Waals surface area contributed by atoms with Crippen LogP contribution in [-0.4, -0.2) is 44.7 Å². The topological polar surface area (TPSA) is 43.4 Å². The molecule has 1 aromatic rings. The third-order valence-corrected chi connectivity index (χ3v) is 2.62. The third kappa shape index (κ3) is 4.61. The Hall–Kier alpha value is -1.41. The molecule has 0 saturated carbocycles. The van der Waals surface area contributed by atoms with Crippen LogP contribution in [0, 0.1) is 0 Å². The van der Waals surface area contributed by atoms with Crippen molar-refractivity contribution in [3.8, 4) is 5.75 Å². The molecule has 0 fully saturated rings.